The molecule has 0 atom stereocenters. The quantitative estimate of drug-likeness (QED) is 0.599. The van der Waals surface area contributed by atoms with Gasteiger partial charge in [-0.1, -0.05) is 30.1 Å². The van der Waals surface area contributed by atoms with Crippen molar-refractivity contribution in [3.63, 3.8) is 0 Å². The Morgan fingerprint density at radius 2 is 1.67 bits per heavy atom. The number of amides is 1. The minimum absolute atomic E-state index is 0.234. The van der Waals surface area contributed by atoms with E-state index in [1.165, 1.54) is 12.1 Å². The Bertz CT molecular complexity index is 1140. The first-order valence-electron chi connectivity index (χ1n) is 11.0. The molecule has 0 spiro atoms. The maximum atomic E-state index is 14.8. The van der Waals surface area contributed by atoms with Crippen molar-refractivity contribution in [1.29, 1.82) is 0 Å². The van der Waals surface area contributed by atoms with Crippen LogP contribution < -0.4 is 9.62 Å². The SMILES string of the molecule is CCc1cc(C(=O)NS(=O)(=O)C2CC2)c(F)cc1CN1CCN(c2cc(Cl)cc(Cl)c2)CC1. The molecule has 1 aliphatic carbocycles. The average molecular weight is 514 g/mol. The van der Waals surface area contributed by atoms with Gasteiger partial charge in [0.1, 0.15) is 5.82 Å². The maximum absolute atomic E-state index is 14.8. The summed E-state index contributed by atoms with van der Waals surface area (Å²) in [6.07, 6.45) is 1.66. The molecule has 2 aromatic rings. The monoisotopic (exact) mass is 513 g/mol. The molecule has 33 heavy (non-hydrogen) atoms. The maximum Gasteiger partial charge on any atom is 0.267 e. The highest BCUT2D eigenvalue weighted by molar-refractivity contribution is 7.91. The van der Waals surface area contributed by atoms with Crippen molar-refractivity contribution in [2.75, 3.05) is 31.1 Å². The van der Waals surface area contributed by atoms with Crippen molar-refractivity contribution in [3.8, 4) is 0 Å². The highest BCUT2D eigenvalue weighted by atomic mass is 35.5. The van der Waals surface area contributed by atoms with Crippen LogP contribution in [0.5, 0.6) is 0 Å². The lowest BCUT2D eigenvalue weighted by atomic mass is 10.00. The Hall–Kier alpha value is -1.87. The predicted molar refractivity (Wildman–Crippen MR) is 129 cm³/mol. The smallest absolute Gasteiger partial charge is 0.267 e. The molecule has 0 bridgehead atoms. The fourth-order valence-electron chi connectivity index (χ4n) is 4.08. The number of nitrogens with zero attached hydrogens (tertiary/aromatic N) is 2. The summed E-state index contributed by atoms with van der Waals surface area (Å²) in [6.45, 7) is 5.58. The summed E-state index contributed by atoms with van der Waals surface area (Å²) in [7, 11) is -3.73. The van der Waals surface area contributed by atoms with Crippen molar-refractivity contribution < 1.29 is 17.6 Å². The van der Waals surface area contributed by atoms with Gasteiger partial charge in [0, 0.05) is 48.5 Å². The number of aryl methyl sites for hydroxylation is 1. The number of hydrogen-bond acceptors (Lipinski definition) is 5. The van der Waals surface area contributed by atoms with E-state index in [1.54, 1.807) is 6.07 Å². The van der Waals surface area contributed by atoms with Gasteiger partial charge in [-0.05, 0) is 60.7 Å². The van der Waals surface area contributed by atoms with Crippen LogP contribution in [0.3, 0.4) is 0 Å². The second-order valence-corrected chi connectivity index (χ2v) is 11.4. The summed E-state index contributed by atoms with van der Waals surface area (Å²) < 4.78 is 40.9. The van der Waals surface area contributed by atoms with E-state index in [2.05, 4.69) is 9.80 Å². The Balaban J connectivity index is 1.43. The lowest BCUT2D eigenvalue weighted by Crippen LogP contribution is -2.46. The van der Waals surface area contributed by atoms with Gasteiger partial charge in [-0.25, -0.2) is 17.5 Å². The molecule has 178 valence electrons. The Kier molecular flexibility index (Phi) is 7.19. The number of nitrogens with one attached hydrogen (secondary N) is 1. The van der Waals surface area contributed by atoms with Gasteiger partial charge in [0.25, 0.3) is 5.91 Å². The number of carbonyl (C=O) groups excluding carboxylic acids is 1. The average Bonchev–Trinajstić information content (AvgIpc) is 3.59. The van der Waals surface area contributed by atoms with Crippen LogP contribution in [0.2, 0.25) is 10.0 Å². The molecule has 1 N–H and O–H groups in total. The van der Waals surface area contributed by atoms with Crippen molar-refractivity contribution in [1.82, 2.24) is 9.62 Å². The lowest BCUT2D eigenvalue weighted by Gasteiger charge is -2.36. The predicted octanol–water partition coefficient (Wildman–Crippen LogP) is 4.24. The number of halogens is 3. The second-order valence-electron chi connectivity index (χ2n) is 8.52. The van der Waals surface area contributed by atoms with E-state index < -0.39 is 27.0 Å². The second kappa shape index (κ2) is 9.78. The molecule has 1 saturated heterocycles. The first-order chi connectivity index (χ1) is 15.7. The fourth-order valence-corrected chi connectivity index (χ4v) is 5.89. The van der Waals surface area contributed by atoms with Gasteiger partial charge < -0.3 is 4.90 Å². The van der Waals surface area contributed by atoms with Crippen LogP contribution >= 0.6 is 23.2 Å². The molecule has 0 aromatic heterocycles. The van der Waals surface area contributed by atoms with Crippen molar-refractivity contribution in [2.24, 2.45) is 0 Å². The van der Waals surface area contributed by atoms with Gasteiger partial charge in [0.05, 0.1) is 10.8 Å². The van der Waals surface area contributed by atoms with Gasteiger partial charge in [-0.15, -0.1) is 0 Å². The number of hydrogen-bond donors (Lipinski definition) is 1. The molecule has 2 fully saturated rings. The van der Waals surface area contributed by atoms with E-state index in [-0.39, 0.29) is 5.56 Å². The largest absolute Gasteiger partial charge is 0.369 e. The summed E-state index contributed by atoms with van der Waals surface area (Å²) in [4.78, 5) is 16.9. The molecule has 1 saturated carbocycles. The van der Waals surface area contributed by atoms with Crippen molar-refractivity contribution in [2.45, 2.75) is 38.0 Å². The molecule has 1 amide bonds. The summed E-state index contributed by atoms with van der Waals surface area (Å²) >= 11 is 12.2. The van der Waals surface area contributed by atoms with Crippen LogP contribution in [0, 0.1) is 5.82 Å². The Morgan fingerprint density at radius 3 is 2.24 bits per heavy atom. The van der Waals surface area contributed by atoms with Crippen LogP contribution in [0.4, 0.5) is 10.1 Å². The number of rotatable bonds is 7. The molecule has 2 aromatic carbocycles. The third-order valence-corrected chi connectivity index (χ3v) is 8.35. The molecule has 1 heterocycles. The van der Waals surface area contributed by atoms with E-state index in [4.69, 9.17) is 23.2 Å². The van der Waals surface area contributed by atoms with Crippen LogP contribution in [-0.4, -0.2) is 50.7 Å². The van der Waals surface area contributed by atoms with Crippen molar-refractivity contribution >= 4 is 44.8 Å². The zero-order valence-corrected chi connectivity index (χ0v) is 20.6. The first-order valence-corrected chi connectivity index (χ1v) is 13.3. The fraction of sp³-hybridized carbons (Fsp3) is 0.435. The van der Waals surface area contributed by atoms with Gasteiger partial charge in [0.2, 0.25) is 10.0 Å². The van der Waals surface area contributed by atoms with E-state index in [9.17, 15) is 17.6 Å². The third kappa shape index (κ3) is 5.80. The van der Waals surface area contributed by atoms with E-state index in [0.717, 1.165) is 43.0 Å². The first kappa shape index (κ1) is 24.3. The van der Waals surface area contributed by atoms with Gasteiger partial charge in [0.15, 0.2) is 0 Å². The Morgan fingerprint density at radius 1 is 1.03 bits per heavy atom. The van der Waals surface area contributed by atoms with Crippen LogP contribution in [-0.2, 0) is 23.0 Å². The minimum Gasteiger partial charge on any atom is -0.369 e. The van der Waals surface area contributed by atoms with Gasteiger partial charge in [-0.3, -0.25) is 9.69 Å². The molecule has 1 aliphatic heterocycles. The van der Waals surface area contributed by atoms with E-state index >= 15 is 0 Å². The standard InChI is InChI=1S/C23H26Cl2FN3O3S/c1-2-15-9-21(23(30)27-33(31,32)20-3-4-20)22(26)10-16(15)14-28-5-7-29(8-6-28)19-12-17(24)11-18(25)13-19/h9-13,20H,2-8,14H2,1H3,(H,27,30). The number of carbonyl (C=O) groups is 1. The summed E-state index contributed by atoms with van der Waals surface area (Å²) in [6, 6.07) is 8.32. The summed E-state index contributed by atoms with van der Waals surface area (Å²) in [5, 5.41) is 0.644. The molecule has 0 unspecified atom stereocenters. The zero-order valence-electron chi connectivity index (χ0n) is 18.3. The number of anilines is 1. The van der Waals surface area contributed by atoms with Crippen molar-refractivity contribution in [3.05, 3.63) is 62.9 Å². The molecule has 10 heteroatoms. The molecule has 6 nitrogen and oxygen atoms in total. The number of piperazine rings is 1. The lowest BCUT2D eigenvalue weighted by molar-refractivity contribution is 0.0977. The van der Waals surface area contributed by atoms with Crippen LogP contribution in [0.25, 0.3) is 0 Å². The molecular weight excluding hydrogens is 488 g/mol. The molecule has 0 radical (unpaired) electrons. The molecule has 4 rings (SSSR count). The highest BCUT2D eigenvalue weighted by Gasteiger charge is 2.37. The van der Waals surface area contributed by atoms with Crippen LogP contribution in [0.15, 0.2) is 30.3 Å². The van der Waals surface area contributed by atoms with Crippen LogP contribution in [0.1, 0.15) is 41.3 Å². The zero-order chi connectivity index (χ0) is 23.8. The van der Waals surface area contributed by atoms with Gasteiger partial charge >= 0.3 is 0 Å². The Labute approximate surface area is 203 Å². The highest BCUT2D eigenvalue weighted by Crippen LogP contribution is 2.29. The van der Waals surface area contributed by atoms with Gasteiger partial charge in [-0.2, -0.15) is 0 Å². The van der Waals surface area contributed by atoms with E-state index in [1.807, 2.05) is 23.8 Å². The third-order valence-electron chi connectivity index (χ3n) is 6.09. The normalized spacial score (nSPS) is 17.3. The minimum atomic E-state index is -3.73. The number of benzene rings is 2. The summed E-state index contributed by atoms with van der Waals surface area (Å²) in [5.41, 5.74) is 2.37. The molecule has 2 aliphatic rings. The topological polar surface area (TPSA) is 69.7 Å². The van der Waals surface area contributed by atoms with E-state index in [0.29, 0.717) is 35.9 Å². The summed E-state index contributed by atoms with van der Waals surface area (Å²) in [5.74, 6) is -1.62. The number of sulfonamides is 1. The molecular formula is C23H26Cl2FN3O3S.